The molecule has 0 fully saturated rings. The van der Waals surface area contributed by atoms with Crippen LogP contribution in [0.5, 0.6) is 0 Å². The van der Waals surface area contributed by atoms with E-state index < -0.39 is 0 Å². The van der Waals surface area contributed by atoms with Crippen LogP contribution >= 0.6 is 11.6 Å². The minimum absolute atomic E-state index is 0. The average molecular weight is 204 g/mol. The number of rotatable bonds is 1. The molecule has 0 aromatic heterocycles. The van der Waals surface area contributed by atoms with Crippen LogP contribution in [-0.4, -0.2) is 24.9 Å². The molecule has 1 aromatic rings. The number of halogens is 2. The summed E-state index contributed by atoms with van der Waals surface area (Å²) in [6, 6.07) is 7.76. The van der Waals surface area contributed by atoms with Crippen LogP contribution in [0.25, 0.3) is 0 Å². The molecule has 0 heterocycles. The molecule has 0 bridgehead atoms. The summed E-state index contributed by atoms with van der Waals surface area (Å²) in [5.41, 5.74) is 1.13. The number of hydrogen-bond donors (Lipinski definition) is 0. The topological polar surface area (TPSA) is 3.01 Å². The van der Waals surface area contributed by atoms with Crippen molar-refractivity contribution >= 4 is 17.8 Å². The first-order chi connectivity index (χ1) is 5.18. The van der Waals surface area contributed by atoms with Crippen molar-refractivity contribution in [1.29, 1.82) is 0 Å². The molecule has 1 aromatic carbocycles. The summed E-state index contributed by atoms with van der Waals surface area (Å²) in [5, 5.41) is 0.778. The van der Waals surface area contributed by atoms with Crippen LogP contribution in [0.2, 0.25) is 5.02 Å². The third kappa shape index (κ3) is 3.74. The van der Waals surface area contributed by atoms with Gasteiger partial charge in [-0.3, -0.25) is 0 Å². The quantitative estimate of drug-likeness (QED) is 0.409. The van der Waals surface area contributed by atoms with Gasteiger partial charge in [0.2, 0.25) is 0 Å². The van der Waals surface area contributed by atoms with E-state index in [4.69, 9.17) is 11.6 Å². The van der Waals surface area contributed by atoms with E-state index in [0.29, 0.717) is 0 Å². The van der Waals surface area contributed by atoms with Crippen LogP contribution in [0.1, 0.15) is 5.56 Å². The van der Waals surface area contributed by atoms with E-state index in [9.17, 15) is 0 Å². The number of nitrogens with zero attached hydrogens (tertiary/aromatic N) is 1. The Morgan fingerprint density at radius 2 is 2.00 bits per heavy atom. The van der Waals surface area contributed by atoms with Gasteiger partial charge in [0.1, 0.15) is 14.1 Å². The van der Waals surface area contributed by atoms with Gasteiger partial charge in [0, 0.05) is 10.6 Å². The van der Waals surface area contributed by atoms with Crippen LogP contribution in [-0.2, 0) is 0 Å². The van der Waals surface area contributed by atoms with Crippen molar-refractivity contribution in [1.82, 2.24) is 0 Å². The second-order valence-electron chi connectivity index (χ2n) is 2.65. The van der Waals surface area contributed by atoms with Gasteiger partial charge in [-0.2, -0.15) is 0 Å². The maximum Gasteiger partial charge on any atom is 0.170 e. The van der Waals surface area contributed by atoms with Gasteiger partial charge in [-0.15, -0.1) is 0 Å². The summed E-state index contributed by atoms with van der Waals surface area (Å²) in [4.78, 5) is 0. The summed E-state index contributed by atoms with van der Waals surface area (Å²) in [6.07, 6.45) is 2.02. The van der Waals surface area contributed by atoms with E-state index in [-0.39, 0.29) is 12.4 Å². The Bertz CT molecular complexity index is 278. The van der Waals surface area contributed by atoms with Crippen LogP contribution in [0.15, 0.2) is 24.3 Å². The second kappa shape index (κ2) is 5.18. The van der Waals surface area contributed by atoms with Crippen molar-refractivity contribution in [3.05, 3.63) is 34.9 Å². The molecular weight excluding hydrogens is 193 g/mol. The summed E-state index contributed by atoms with van der Waals surface area (Å²) >= 11 is 5.79. The molecule has 66 valence electrons. The van der Waals surface area contributed by atoms with Gasteiger partial charge < -0.3 is 12.4 Å². The zero-order valence-corrected chi connectivity index (χ0v) is 8.60. The van der Waals surface area contributed by atoms with Crippen LogP contribution < -0.4 is 12.4 Å². The molecule has 0 aliphatic carbocycles. The van der Waals surface area contributed by atoms with Gasteiger partial charge in [-0.1, -0.05) is 17.7 Å². The minimum atomic E-state index is 0. The molecule has 0 spiro atoms. The van der Waals surface area contributed by atoms with E-state index in [1.807, 2.05) is 49.2 Å². The van der Waals surface area contributed by atoms with Crippen molar-refractivity contribution in [3.8, 4) is 0 Å². The molecule has 0 unspecified atom stereocenters. The van der Waals surface area contributed by atoms with Gasteiger partial charge in [-0.25, -0.2) is 4.58 Å². The van der Waals surface area contributed by atoms with E-state index in [1.54, 1.807) is 0 Å². The van der Waals surface area contributed by atoms with Crippen LogP contribution in [0.3, 0.4) is 0 Å². The Kier molecular flexibility index (Phi) is 4.95. The molecule has 0 amide bonds. The van der Waals surface area contributed by atoms with Gasteiger partial charge >= 0.3 is 0 Å². The number of benzene rings is 1. The molecule has 0 saturated heterocycles. The largest absolute Gasteiger partial charge is 1.00 e. The zero-order valence-electron chi connectivity index (χ0n) is 7.09. The SMILES string of the molecule is C[N+](C)=Cc1cccc(Cl)c1.[Cl-]. The Labute approximate surface area is 84.1 Å². The fourth-order valence-corrected chi connectivity index (χ4v) is 1.08. The predicted octanol–water partition coefficient (Wildman–Crippen LogP) is -0.965. The Morgan fingerprint density at radius 3 is 2.50 bits per heavy atom. The van der Waals surface area contributed by atoms with Crippen molar-refractivity contribution in [2.75, 3.05) is 14.1 Å². The van der Waals surface area contributed by atoms with E-state index in [2.05, 4.69) is 0 Å². The third-order valence-corrected chi connectivity index (χ3v) is 1.49. The lowest BCUT2D eigenvalue weighted by Crippen LogP contribution is -3.00. The summed E-state index contributed by atoms with van der Waals surface area (Å²) in [5.74, 6) is 0. The fraction of sp³-hybridized carbons (Fsp3) is 0.222. The van der Waals surface area contributed by atoms with Crippen LogP contribution in [0, 0.1) is 0 Å². The normalized spacial score (nSPS) is 8.58. The maximum atomic E-state index is 5.79. The zero-order chi connectivity index (χ0) is 8.27. The molecule has 0 aliphatic rings. The minimum Gasteiger partial charge on any atom is -1.00 e. The molecule has 0 atom stereocenters. The average Bonchev–Trinajstić information content (AvgIpc) is 1.85. The van der Waals surface area contributed by atoms with Crippen molar-refractivity contribution in [3.63, 3.8) is 0 Å². The smallest absolute Gasteiger partial charge is 0.170 e. The lowest BCUT2D eigenvalue weighted by Gasteiger charge is -1.91. The van der Waals surface area contributed by atoms with E-state index in [1.165, 1.54) is 0 Å². The van der Waals surface area contributed by atoms with Gasteiger partial charge in [-0.05, 0) is 18.2 Å². The standard InChI is InChI=1S/C9H11ClN.ClH/c1-11(2)7-8-4-3-5-9(10)6-8;/h3-7H,1-2H3;1H/q+1;/p-1. The Balaban J connectivity index is 0.00000121. The second-order valence-corrected chi connectivity index (χ2v) is 3.08. The molecule has 0 saturated carbocycles. The maximum absolute atomic E-state index is 5.79. The molecule has 1 rings (SSSR count). The molecule has 0 radical (unpaired) electrons. The molecule has 3 heteroatoms. The highest BCUT2D eigenvalue weighted by Gasteiger charge is 1.92. The molecular formula is C9H11Cl2N. The Morgan fingerprint density at radius 1 is 1.33 bits per heavy atom. The first-order valence-electron chi connectivity index (χ1n) is 3.45. The highest BCUT2D eigenvalue weighted by Crippen LogP contribution is 2.08. The van der Waals surface area contributed by atoms with Gasteiger partial charge in [0.05, 0.1) is 0 Å². The van der Waals surface area contributed by atoms with Crippen molar-refractivity contribution in [2.24, 2.45) is 0 Å². The van der Waals surface area contributed by atoms with Gasteiger partial charge in [0.15, 0.2) is 6.21 Å². The van der Waals surface area contributed by atoms with Crippen molar-refractivity contribution in [2.45, 2.75) is 0 Å². The van der Waals surface area contributed by atoms with Gasteiger partial charge in [0.25, 0.3) is 0 Å². The van der Waals surface area contributed by atoms with Crippen molar-refractivity contribution < 1.29 is 17.0 Å². The third-order valence-electron chi connectivity index (χ3n) is 1.26. The highest BCUT2D eigenvalue weighted by atomic mass is 35.5. The predicted molar refractivity (Wildman–Crippen MR) is 48.7 cm³/mol. The van der Waals surface area contributed by atoms with Crippen LogP contribution in [0.4, 0.5) is 0 Å². The molecule has 1 nitrogen and oxygen atoms in total. The highest BCUT2D eigenvalue weighted by molar-refractivity contribution is 6.30. The molecule has 12 heavy (non-hydrogen) atoms. The summed E-state index contributed by atoms with van der Waals surface area (Å²) in [7, 11) is 3.97. The molecule has 0 N–H and O–H groups in total. The lowest BCUT2D eigenvalue weighted by molar-refractivity contribution is -0.458. The van der Waals surface area contributed by atoms with E-state index in [0.717, 1.165) is 10.6 Å². The molecule has 0 aliphatic heterocycles. The first kappa shape index (κ1) is 11.5. The van der Waals surface area contributed by atoms with E-state index >= 15 is 0 Å². The Hall–Kier alpha value is -0.530. The first-order valence-corrected chi connectivity index (χ1v) is 3.83. The number of hydrogen-bond acceptors (Lipinski definition) is 0. The monoisotopic (exact) mass is 203 g/mol. The summed E-state index contributed by atoms with van der Waals surface area (Å²) < 4.78 is 1.99. The summed E-state index contributed by atoms with van der Waals surface area (Å²) in [6.45, 7) is 0. The lowest BCUT2D eigenvalue weighted by atomic mass is 10.2. The fourth-order valence-electron chi connectivity index (χ4n) is 0.885.